The third kappa shape index (κ3) is 9.07. The van der Waals surface area contributed by atoms with Gasteiger partial charge in [-0.2, -0.15) is 18.4 Å². The van der Waals surface area contributed by atoms with Crippen molar-refractivity contribution >= 4 is 0 Å². The lowest BCUT2D eigenvalue weighted by molar-refractivity contribution is -0.135. The average Bonchev–Trinajstić information content (AvgIpc) is 2.49. The van der Waals surface area contributed by atoms with Crippen LogP contribution >= 0.6 is 0 Å². The maximum absolute atomic E-state index is 13.1. The summed E-state index contributed by atoms with van der Waals surface area (Å²) in [6, 6.07) is 5.81. The molecule has 1 aromatic carbocycles. The summed E-state index contributed by atoms with van der Waals surface area (Å²) in [5, 5.41) is 8.71. The smallest absolute Gasteiger partial charge is 0.389 e. The highest BCUT2D eigenvalue weighted by Gasteiger charge is 2.25. The SMILES string of the molecule is N#Cc1cc(OCCCCCCCCCC(F)(F)F)ccc1F. The fourth-order valence-electron chi connectivity index (χ4n) is 2.18. The second-order valence-electron chi connectivity index (χ2n) is 5.44. The van der Waals surface area contributed by atoms with E-state index in [1.54, 1.807) is 6.07 Å². The van der Waals surface area contributed by atoms with Crippen molar-refractivity contribution in [3.63, 3.8) is 0 Å². The highest BCUT2D eigenvalue weighted by Crippen LogP contribution is 2.23. The quantitative estimate of drug-likeness (QED) is 0.403. The third-order valence-corrected chi connectivity index (χ3v) is 3.43. The number of halogens is 4. The van der Waals surface area contributed by atoms with Crippen molar-refractivity contribution in [3.05, 3.63) is 29.6 Å². The van der Waals surface area contributed by atoms with Gasteiger partial charge in [0.05, 0.1) is 12.2 Å². The molecular weight excluding hydrogens is 310 g/mol. The molecule has 0 fully saturated rings. The fraction of sp³-hybridized carbons (Fsp3) is 0.588. The summed E-state index contributed by atoms with van der Waals surface area (Å²) in [7, 11) is 0. The minimum atomic E-state index is -4.04. The maximum Gasteiger partial charge on any atom is 0.389 e. The van der Waals surface area contributed by atoms with Crippen molar-refractivity contribution < 1.29 is 22.3 Å². The molecule has 23 heavy (non-hydrogen) atoms. The summed E-state index contributed by atoms with van der Waals surface area (Å²) in [6.07, 6.45) is 0.552. The highest BCUT2D eigenvalue weighted by atomic mass is 19.4. The van der Waals surface area contributed by atoms with E-state index >= 15 is 0 Å². The molecule has 0 aromatic heterocycles. The van der Waals surface area contributed by atoms with Gasteiger partial charge in [0.15, 0.2) is 0 Å². The first-order valence-electron chi connectivity index (χ1n) is 7.81. The Labute approximate surface area is 134 Å². The third-order valence-electron chi connectivity index (χ3n) is 3.43. The van der Waals surface area contributed by atoms with Crippen LogP contribution in [-0.4, -0.2) is 12.8 Å². The Morgan fingerprint density at radius 3 is 2.17 bits per heavy atom. The molecule has 0 atom stereocenters. The van der Waals surface area contributed by atoms with Crippen molar-refractivity contribution in [2.24, 2.45) is 0 Å². The summed E-state index contributed by atoms with van der Waals surface area (Å²) in [4.78, 5) is 0. The summed E-state index contributed by atoms with van der Waals surface area (Å²) >= 11 is 0. The maximum atomic E-state index is 13.1. The van der Waals surface area contributed by atoms with Crippen LogP contribution in [0.5, 0.6) is 5.75 Å². The van der Waals surface area contributed by atoms with Gasteiger partial charge in [0.1, 0.15) is 17.6 Å². The molecule has 6 heteroatoms. The van der Waals surface area contributed by atoms with Crippen LogP contribution in [-0.2, 0) is 0 Å². The lowest BCUT2D eigenvalue weighted by atomic mass is 10.1. The molecule has 1 aromatic rings. The van der Waals surface area contributed by atoms with Gasteiger partial charge >= 0.3 is 6.18 Å². The van der Waals surface area contributed by atoms with Crippen LogP contribution in [0.3, 0.4) is 0 Å². The number of nitrogens with zero attached hydrogens (tertiary/aromatic N) is 1. The minimum Gasteiger partial charge on any atom is -0.494 e. The number of benzene rings is 1. The average molecular weight is 331 g/mol. The van der Waals surface area contributed by atoms with Crippen molar-refractivity contribution in [1.82, 2.24) is 0 Å². The Hall–Kier alpha value is -1.77. The molecule has 0 radical (unpaired) electrons. The van der Waals surface area contributed by atoms with E-state index in [0.717, 1.165) is 32.1 Å². The number of hydrogen-bond donors (Lipinski definition) is 0. The Bertz CT molecular complexity index is 508. The molecule has 1 rings (SSSR count). The zero-order chi connectivity index (χ0) is 17.1. The van der Waals surface area contributed by atoms with Crippen LogP contribution < -0.4 is 4.74 Å². The lowest BCUT2D eigenvalue weighted by Gasteiger charge is -2.07. The Morgan fingerprint density at radius 2 is 1.57 bits per heavy atom. The molecule has 2 nitrogen and oxygen atoms in total. The molecule has 128 valence electrons. The number of nitriles is 1. The zero-order valence-corrected chi connectivity index (χ0v) is 13.0. The highest BCUT2D eigenvalue weighted by molar-refractivity contribution is 5.37. The van der Waals surface area contributed by atoms with E-state index < -0.39 is 18.4 Å². The zero-order valence-electron chi connectivity index (χ0n) is 13.0. The first kappa shape index (κ1) is 19.3. The molecule has 0 bridgehead atoms. The molecule has 0 saturated carbocycles. The molecule has 0 aliphatic heterocycles. The molecule has 0 amide bonds. The first-order chi connectivity index (χ1) is 10.9. The summed E-state index contributed by atoms with van der Waals surface area (Å²) in [5.74, 6) is -0.0968. The van der Waals surface area contributed by atoms with Crippen LogP contribution in [0.15, 0.2) is 18.2 Å². The summed E-state index contributed by atoms with van der Waals surface area (Å²) in [6.45, 7) is 0.477. The predicted molar refractivity (Wildman–Crippen MR) is 79.6 cm³/mol. The Kier molecular flexibility index (Phi) is 8.46. The van der Waals surface area contributed by atoms with Crippen molar-refractivity contribution in [3.8, 4) is 11.8 Å². The summed E-state index contributed by atoms with van der Waals surface area (Å²) in [5.41, 5.74) is -0.0404. The van der Waals surface area contributed by atoms with E-state index in [1.165, 1.54) is 18.2 Å². The van der Waals surface area contributed by atoms with Crippen LogP contribution in [0.4, 0.5) is 17.6 Å². The second-order valence-corrected chi connectivity index (χ2v) is 5.44. The van der Waals surface area contributed by atoms with Gasteiger partial charge in [-0.1, -0.05) is 32.1 Å². The van der Waals surface area contributed by atoms with Gasteiger partial charge in [-0.15, -0.1) is 0 Å². The van der Waals surface area contributed by atoms with Crippen molar-refractivity contribution in [2.75, 3.05) is 6.61 Å². The van der Waals surface area contributed by atoms with Gasteiger partial charge in [0, 0.05) is 12.5 Å². The fourth-order valence-corrected chi connectivity index (χ4v) is 2.18. The Morgan fingerprint density at radius 1 is 0.957 bits per heavy atom. The summed E-state index contributed by atoms with van der Waals surface area (Å²) < 4.78 is 54.3. The predicted octanol–water partition coefficient (Wildman–Crippen LogP) is 5.76. The van der Waals surface area contributed by atoms with Gasteiger partial charge in [-0.3, -0.25) is 0 Å². The van der Waals surface area contributed by atoms with Gasteiger partial charge < -0.3 is 4.74 Å². The molecule has 0 saturated heterocycles. The Balaban J connectivity index is 2.01. The van der Waals surface area contributed by atoms with E-state index in [4.69, 9.17) is 10.00 Å². The number of rotatable bonds is 10. The van der Waals surface area contributed by atoms with E-state index in [-0.39, 0.29) is 12.0 Å². The van der Waals surface area contributed by atoms with Crippen LogP contribution in [0, 0.1) is 17.1 Å². The van der Waals surface area contributed by atoms with E-state index in [2.05, 4.69) is 0 Å². The van der Waals surface area contributed by atoms with Crippen molar-refractivity contribution in [1.29, 1.82) is 5.26 Å². The standard InChI is InChI=1S/C17H21F4NO/c18-16-9-8-15(12-14(16)13-22)23-11-7-5-3-1-2-4-6-10-17(19,20)21/h8-9,12H,1-7,10-11H2. The van der Waals surface area contributed by atoms with E-state index in [9.17, 15) is 17.6 Å². The monoisotopic (exact) mass is 331 g/mol. The van der Waals surface area contributed by atoms with E-state index in [0.29, 0.717) is 18.8 Å². The van der Waals surface area contributed by atoms with Crippen LogP contribution in [0.25, 0.3) is 0 Å². The van der Waals surface area contributed by atoms with E-state index in [1.807, 2.05) is 0 Å². The molecule has 0 aliphatic rings. The van der Waals surface area contributed by atoms with Gasteiger partial charge in [0.2, 0.25) is 0 Å². The van der Waals surface area contributed by atoms with Crippen LogP contribution in [0.1, 0.15) is 56.9 Å². The number of hydrogen-bond acceptors (Lipinski definition) is 2. The second kappa shape index (κ2) is 10.1. The van der Waals surface area contributed by atoms with Gasteiger partial charge in [0.25, 0.3) is 0 Å². The molecule has 0 heterocycles. The number of ether oxygens (including phenoxy) is 1. The molecule has 0 unspecified atom stereocenters. The number of alkyl halides is 3. The van der Waals surface area contributed by atoms with Crippen LogP contribution in [0.2, 0.25) is 0 Å². The van der Waals surface area contributed by atoms with Gasteiger partial charge in [-0.05, 0) is 25.0 Å². The molecule has 0 N–H and O–H groups in total. The van der Waals surface area contributed by atoms with Gasteiger partial charge in [-0.25, -0.2) is 4.39 Å². The number of unbranched alkanes of at least 4 members (excludes halogenated alkanes) is 6. The molecule has 0 aliphatic carbocycles. The lowest BCUT2D eigenvalue weighted by Crippen LogP contribution is -2.06. The largest absolute Gasteiger partial charge is 0.494 e. The molecule has 0 spiro atoms. The first-order valence-corrected chi connectivity index (χ1v) is 7.81. The molecular formula is C17H21F4NO. The van der Waals surface area contributed by atoms with Crippen molar-refractivity contribution in [2.45, 2.75) is 57.5 Å². The normalized spacial score (nSPS) is 11.3. The topological polar surface area (TPSA) is 33.0 Å². The minimum absolute atomic E-state index is 0.0404.